The smallest absolute Gasteiger partial charge is 0.275 e. The Morgan fingerprint density at radius 3 is 1.77 bits per heavy atom. The zero-order valence-electron chi connectivity index (χ0n) is 29.9. The van der Waals surface area contributed by atoms with E-state index in [-0.39, 0.29) is 5.91 Å². The number of nitrogens with zero attached hydrogens (tertiary/aromatic N) is 2. The highest BCUT2D eigenvalue weighted by molar-refractivity contribution is 7.80. The van der Waals surface area contributed by atoms with Gasteiger partial charge in [-0.1, -0.05) is 103 Å². The number of hydrogen-bond acceptors (Lipinski definition) is 5. The predicted molar refractivity (Wildman–Crippen MR) is 216 cm³/mol. The van der Waals surface area contributed by atoms with Gasteiger partial charge >= 0.3 is 0 Å². The third-order valence-corrected chi connectivity index (χ3v) is 12.5. The first-order valence-corrected chi connectivity index (χ1v) is 19.2. The van der Waals surface area contributed by atoms with Crippen LogP contribution in [-0.2, 0) is 5.54 Å². The molecule has 0 bridgehead atoms. The van der Waals surface area contributed by atoms with Gasteiger partial charge in [0.05, 0.1) is 6.21 Å². The minimum atomic E-state index is -1.07. The lowest BCUT2D eigenvalue weighted by atomic mass is 9.74. The van der Waals surface area contributed by atoms with E-state index in [2.05, 4.69) is 148 Å². The maximum Gasteiger partial charge on any atom is 0.275 e. The van der Waals surface area contributed by atoms with Crippen molar-refractivity contribution in [2.45, 2.75) is 33.2 Å². The number of rotatable bonds is 9. The minimum absolute atomic E-state index is 0.154. The first kappa shape index (κ1) is 33.4. The number of nitrogens with one attached hydrogen (secondary N) is 2. The van der Waals surface area contributed by atoms with Crippen molar-refractivity contribution in [3.05, 3.63) is 172 Å². The first-order chi connectivity index (χ1) is 25.4. The Balaban J connectivity index is 1.36. The van der Waals surface area contributed by atoms with Gasteiger partial charge in [-0.15, -0.1) is 0 Å². The molecule has 6 aromatic rings. The van der Waals surface area contributed by atoms with Crippen molar-refractivity contribution in [1.29, 1.82) is 0 Å². The van der Waals surface area contributed by atoms with Gasteiger partial charge in [-0.05, 0) is 80.9 Å². The maximum absolute atomic E-state index is 14.8. The zero-order chi connectivity index (χ0) is 35.8. The van der Waals surface area contributed by atoms with Crippen molar-refractivity contribution in [2.75, 3.05) is 23.7 Å². The number of carbonyl (C=O) groups is 1. The molecule has 0 saturated heterocycles. The SMILES string of the molecule is CCNc1cc2c(cc1C)C1(c3cc(C)c(NCC)cc3O2)c2ccccc2C(=O)N1/N=C/c1ccccc1P(c1ccccc1)c1ccccc1. The molecule has 0 aromatic heterocycles. The average molecular weight is 701 g/mol. The molecule has 258 valence electrons. The fourth-order valence-electron chi connectivity index (χ4n) is 7.66. The van der Waals surface area contributed by atoms with Gasteiger partial charge in [0.25, 0.3) is 5.91 Å². The number of anilines is 2. The minimum Gasteiger partial charge on any atom is -0.456 e. The van der Waals surface area contributed by atoms with Crippen molar-refractivity contribution >= 4 is 47.3 Å². The normalized spacial score (nSPS) is 13.9. The lowest BCUT2D eigenvalue weighted by Crippen LogP contribution is -2.44. The number of ether oxygens (including phenoxy) is 1. The van der Waals surface area contributed by atoms with Gasteiger partial charge < -0.3 is 15.4 Å². The molecule has 0 radical (unpaired) electrons. The molecule has 0 saturated carbocycles. The van der Waals surface area contributed by atoms with Gasteiger partial charge in [0.2, 0.25) is 0 Å². The Hall–Kier alpha value is -5.71. The predicted octanol–water partition coefficient (Wildman–Crippen LogP) is 8.81. The molecule has 2 N–H and O–H groups in total. The summed E-state index contributed by atoms with van der Waals surface area (Å²) in [6.07, 6.45) is 1.89. The number of fused-ring (bicyclic) bond motifs is 6. The summed E-state index contributed by atoms with van der Waals surface area (Å²) in [6.45, 7) is 9.92. The molecule has 0 aliphatic carbocycles. The van der Waals surface area contributed by atoms with Crippen LogP contribution in [0.5, 0.6) is 11.5 Å². The Morgan fingerprint density at radius 2 is 1.19 bits per heavy atom. The molecule has 0 atom stereocenters. The Bertz CT molecular complexity index is 2220. The number of carbonyl (C=O) groups excluding carboxylic acids is 1. The van der Waals surface area contributed by atoms with Gasteiger partial charge in [-0.3, -0.25) is 4.79 Å². The van der Waals surface area contributed by atoms with Crippen LogP contribution in [0.2, 0.25) is 0 Å². The van der Waals surface area contributed by atoms with Crippen LogP contribution in [0.4, 0.5) is 11.4 Å². The number of aryl methyl sites for hydroxylation is 2. The molecule has 0 unspecified atom stereocenters. The molecule has 1 amide bonds. The van der Waals surface area contributed by atoms with Crippen molar-refractivity contribution in [3.8, 4) is 11.5 Å². The molecule has 7 heteroatoms. The van der Waals surface area contributed by atoms with Crippen molar-refractivity contribution in [3.63, 3.8) is 0 Å². The molecular weight excluding hydrogens is 659 g/mol. The van der Waals surface area contributed by atoms with E-state index in [1.807, 2.05) is 30.5 Å². The Kier molecular flexibility index (Phi) is 8.86. The molecule has 8 rings (SSSR count). The summed E-state index contributed by atoms with van der Waals surface area (Å²) in [7, 11) is -0.908. The highest BCUT2D eigenvalue weighted by Gasteiger charge is 2.57. The fraction of sp³-hybridized carbons (Fsp3) is 0.156. The van der Waals surface area contributed by atoms with Gasteiger partial charge in [0.1, 0.15) is 17.0 Å². The van der Waals surface area contributed by atoms with E-state index in [1.165, 1.54) is 15.9 Å². The zero-order valence-corrected chi connectivity index (χ0v) is 30.7. The molecule has 2 aliphatic heterocycles. The topological polar surface area (TPSA) is 66.0 Å². The lowest BCUT2D eigenvalue weighted by Gasteiger charge is -2.42. The summed E-state index contributed by atoms with van der Waals surface area (Å²) in [5, 5.41) is 17.6. The van der Waals surface area contributed by atoms with Crippen LogP contribution in [-0.4, -0.2) is 30.2 Å². The van der Waals surface area contributed by atoms with Crippen LogP contribution in [0.25, 0.3) is 0 Å². The third-order valence-electron chi connectivity index (χ3n) is 9.96. The standard InChI is InChI=1S/C45H41N4O2P/c1-5-46-39-27-41-37(25-30(39)3)45(38-26-31(4)40(47-6-2)28-42(38)51-41)36-23-15-14-22-35(36)44(50)49(45)48-29-32-17-13-16-24-43(32)52(33-18-9-7-10-19-33)34-20-11-8-12-21-34/h7-29,46-47H,5-6H2,1-4H3/b48-29+. The number of amides is 1. The second-order valence-electron chi connectivity index (χ2n) is 13.2. The quantitative estimate of drug-likeness (QED) is 0.117. The van der Waals surface area contributed by atoms with E-state index in [1.54, 1.807) is 5.01 Å². The van der Waals surface area contributed by atoms with E-state index < -0.39 is 13.5 Å². The summed E-state index contributed by atoms with van der Waals surface area (Å²) in [4.78, 5) is 14.8. The van der Waals surface area contributed by atoms with Crippen LogP contribution >= 0.6 is 7.92 Å². The van der Waals surface area contributed by atoms with Crippen molar-refractivity contribution in [1.82, 2.24) is 5.01 Å². The van der Waals surface area contributed by atoms with E-state index in [4.69, 9.17) is 9.84 Å². The summed E-state index contributed by atoms with van der Waals surface area (Å²) in [5.41, 5.74) is 7.30. The number of hydrogen-bond donors (Lipinski definition) is 2. The summed E-state index contributed by atoms with van der Waals surface area (Å²) < 4.78 is 6.79. The van der Waals surface area contributed by atoms with Crippen LogP contribution in [0.3, 0.4) is 0 Å². The summed E-state index contributed by atoms with van der Waals surface area (Å²) in [5.74, 6) is 1.24. The molecule has 6 aromatic carbocycles. The molecule has 2 heterocycles. The fourth-order valence-corrected chi connectivity index (χ4v) is 10.1. The maximum atomic E-state index is 14.8. The van der Waals surface area contributed by atoms with Crippen LogP contribution in [0.1, 0.15) is 57.6 Å². The van der Waals surface area contributed by atoms with Gasteiger partial charge in [0.15, 0.2) is 0 Å². The second-order valence-corrected chi connectivity index (χ2v) is 15.4. The lowest BCUT2D eigenvalue weighted by molar-refractivity contribution is 0.0675. The number of benzene rings is 6. The molecule has 1 spiro atoms. The van der Waals surface area contributed by atoms with Gasteiger partial charge in [-0.2, -0.15) is 5.10 Å². The molecule has 2 aliphatic rings. The number of hydrazone groups is 1. The first-order valence-electron chi connectivity index (χ1n) is 17.9. The van der Waals surface area contributed by atoms with E-state index in [0.29, 0.717) is 17.1 Å². The van der Waals surface area contributed by atoms with Crippen LogP contribution < -0.4 is 31.3 Å². The second kappa shape index (κ2) is 13.8. The van der Waals surface area contributed by atoms with Gasteiger partial charge in [-0.25, -0.2) is 5.01 Å². The summed E-state index contributed by atoms with van der Waals surface area (Å²) >= 11 is 0. The van der Waals surface area contributed by atoms with Gasteiger partial charge in [0, 0.05) is 64.4 Å². The highest BCUT2D eigenvalue weighted by Crippen LogP contribution is 2.59. The highest BCUT2D eigenvalue weighted by atomic mass is 31.1. The third kappa shape index (κ3) is 5.46. The molecule has 6 nitrogen and oxygen atoms in total. The summed E-state index contributed by atoms with van der Waals surface area (Å²) in [6, 6.07) is 46.1. The average Bonchev–Trinajstić information content (AvgIpc) is 3.41. The van der Waals surface area contributed by atoms with E-state index >= 15 is 0 Å². The Labute approximate surface area is 306 Å². The van der Waals surface area contributed by atoms with Crippen molar-refractivity contribution < 1.29 is 9.53 Å². The van der Waals surface area contributed by atoms with E-state index in [9.17, 15) is 4.79 Å². The van der Waals surface area contributed by atoms with Crippen LogP contribution in [0, 0.1) is 13.8 Å². The monoisotopic (exact) mass is 700 g/mol. The van der Waals surface area contributed by atoms with Crippen LogP contribution in [0.15, 0.2) is 139 Å². The molecule has 0 fully saturated rings. The molecular formula is C45H41N4O2P. The largest absolute Gasteiger partial charge is 0.456 e. The van der Waals surface area contributed by atoms with E-state index in [0.717, 1.165) is 57.8 Å². The van der Waals surface area contributed by atoms with Crippen molar-refractivity contribution in [2.24, 2.45) is 5.10 Å². The molecule has 52 heavy (non-hydrogen) atoms. The Morgan fingerprint density at radius 1 is 0.673 bits per heavy atom.